The van der Waals surface area contributed by atoms with E-state index >= 15 is 0 Å². The van der Waals surface area contributed by atoms with Crippen LogP contribution in [0, 0.1) is 0 Å². The van der Waals surface area contributed by atoms with Crippen molar-refractivity contribution in [1.82, 2.24) is 5.32 Å². The fourth-order valence-electron chi connectivity index (χ4n) is 2.03. The SMILES string of the molecule is O=C(N[C@H]1CCO[C@H](C(=O)O)C1)OCc1ccccc1. The molecule has 0 radical (unpaired) electrons. The molecule has 2 atom stereocenters. The van der Waals surface area contributed by atoms with Gasteiger partial charge in [-0.25, -0.2) is 9.59 Å². The zero-order chi connectivity index (χ0) is 14.4. The van der Waals surface area contributed by atoms with Crippen molar-refractivity contribution in [3.05, 3.63) is 35.9 Å². The summed E-state index contributed by atoms with van der Waals surface area (Å²) < 4.78 is 10.2. The van der Waals surface area contributed by atoms with E-state index in [4.69, 9.17) is 14.6 Å². The third-order valence-electron chi connectivity index (χ3n) is 3.09. The van der Waals surface area contributed by atoms with E-state index in [9.17, 15) is 9.59 Å². The number of nitrogens with one attached hydrogen (secondary N) is 1. The summed E-state index contributed by atoms with van der Waals surface area (Å²) in [6.45, 7) is 0.513. The number of carboxylic acid groups (broad SMARTS) is 1. The van der Waals surface area contributed by atoms with Crippen LogP contribution in [0.4, 0.5) is 4.79 Å². The van der Waals surface area contributed by atoms with E-state index in [1.807, 2.05) is 30.3 Å². The lowest BCUT2D eigenvalue weighted by Gasteiger charge is -2.27. The summed E-state index contributed by atoms with van der Waals surface area (Å²) in [5, 5.41) is 11.5. The predicted molar refractivity (Wildman–Crippen MR) is 70.2 cm³/mol. The van der Waals surface area contributed by atoms with Crippen molar-refractivity contribution in [2.75, 3.05) is 6.61 Å². The first kappa shape index (κ1) is 14.3. The molecule has 1 aliphatic heterocycles. The average molecular weight is 279 g/mol. The van der Waals surface area contributed by atoms with Crippen molar-refractivity contribution in [3.8, 4) is 0 Å². The fourth-order valence-corrected chi connectivity index (χ4v) is 2.03. The highest BCUT2D eigenvalue weighted by Crippen LogP contribution is 2.14. The molecule has 0 spiro atoms. The van der Waals surface area contributed by atoms with E-state index in [0.29, 0.717) is 13.0 Å². The third-order valence-corrected chi connectivity index (χ3v) is 3.09. The van der Waals surface area contributed by atoms with Crippen LogP contribution in [0.2, 0.25) is 0 Å². The molecule has 1 amide bonds. The highest BCUT2D eigenvalue weighted by atomic mass is 16.5. The van der Waals surface area contributed by atoms with E-state index in [1.165, 1.54) is 0 Å². The summed E-state index contributed by atoms with van der Waals surface area (Å²) in [5.74, 6) is -1.01. The van der Waals surface area contributed by atoms with Crippen molar-refractivity contribution < 1.29 is 24.2 Å². The fraction of sp³-hybridized carbons (Fsp3) is 0.429. The Morgan fingerprint density at radius 1 is 1.35 bits per heavy atom. The second-order valence-corrected chi connectivity index (χ2v) is 4.63. The second kappa shape index (κ2) is 6.91. The Balaban J connectivity index is 1.75. The van der Waals surface area contributed by atoms with Crippen LogP contribution in [0.25, 0.3) is 0 Å². The number of carboxylic acids is 1. The number of hydrogen-bond acceptors (Lipinski definition) is 4. The second-order valence-electron chi connectivity index (χ2n) is 4.63. The Hall–Kier alpha value is -2.08. The molecule has 1 heterocycles. The zero-order valence-electron chi connectivity index (χ0n) is 11.0. The van der Waals surface area contributed by atoms with Crippen LogP contribution in [0.5, 0.6) is 0 Å². The molecule has 0 unspecified atom stereocenters. The quantitative estimate of drug-likeness (QED) is 0.873. The van der Waals surface area contributed by atoms with Crippen molar-refractivity contribution >= 4 is 12.1 Å². The Bertz CT molecular complexity index is 462. The van der Waals surface area contributed by atoms with Crippen LogP contribution >= 0.6 is 0 Å². The van der Waals surface area contributed by atoms with Crippen LogP contribution in [0.1, 0.15) is 18.4 Å². The highest BCUT2D eigenvalue weighted by Gasteiger charge is 2.28. The molecule has 1 fully saturated rings. The van der Waals surface area contributed by atoms with E-state index in [-0.39, 0.29) is 19.1 Å². The zero-order valence-corrected chi connectivity index (χ0v) is 11.0. The predicted octanol–water partition coefficient (Wildman–Crippen LogP) is 1.54. The molecule has 20 heavy (non-hydrogen) atoms. The number of benzene rings is 1. The minimum absolute atomic E-state index is 0.193. The van der Waals surface area contributed by atoms with Gasteiger partial charge in [-0.1, -0.05) is 30.3 Å². The van der Waals surface area contributed by atoms with Crippen LogP contribution < -0.4 is 5.32 Å². The van der Waals surface area contributed by atoms with Gasteiger partial charge in [0, 0.05) is 19.1 Å². The molecule has 1 aliphatic rings. The first-order chi connectivity index (χ1) is 9.65. The Morgan fingerprint density at radius 3 is 2.80 bits per heavy atom. The topological polar surface area (TPSA) is 84.9 Å². The summed E-state index contributed by atoms with van der Waals surface area (Å²) in [4.78, 5) is 22.5. The minimum Gasteiger partial charge on any atom is -0.479 e. The largest absolute Gasteiger partial charge is 0.479 e. The van der Waals surface area contributed by atoms with Gasteiger partial charge in [0.15, 0.2) is 6.10 Å². The molecule has 1 saturated heterocycles. The lowest BCUT2D eigenvalue weighted by molar-refractivity contribution is -0.153. The third kappa shape index (κ3) is 4.24. The van der Waals surface area contributed by atoms with Gasteiger partial charge in [0.05, 0.1) is 0 Å². The van der Waals surface area contributed by atoms with Gasteiger partial charge in [0.25, 0.3) is 0 Å². The van der Waals surface area contributed by atoms with Crippen LogP contribution in [0.15, 0.2) is 30.3 Å². The van der Waals surface area contributed by atoms with Gasteiger partial charge in [-0.2, -0.15) is 0 Å². The van der Waals surface area contributed by atoms with Crippen LogP contribution in [0.3, 0.4) is 0 Å². The summed E-state index contributed by atoms with van der Waals surface area (Å²) in [6.07, 6.45) is -0.548. The molecule has 6 nitrogen and oxygen atoms in total. The van der Waals surface area contributed by atoms with Gasteiger partial charge in [-0.15, -0.1) is 0 Å². The average Bonchev–Trinajstić information content (AvgIpc) is 2.46. The Morgan fingerprint density at radius 2 is 2.10 bits per heavy atom. The molecule has 6 heteroatoms. The maximum atomic E-state index is 11.6. The summed E-state index contributed by atoms with van der Waals surface area (Å²) >= 11 is 0. The molecule has 0 aliphatic carbocycles. The Kier molecular flexibility index (Phi) is 4.95. The number of amides is 1. The van der Waals surface area contributed by atoms with E-state index < -0.39 is 18.2 Å². The lowest BCUT2D eigenvalue weighted by atomic mass is 10.0. The number of aliphatic carboxylic acids is 1. The molecule has 1 aromatic rings. The van der Waals surface area contributed by atoms with Gasteiger partial charge in [-0.05, 0) is 12.0 Å². The summed E-state index contributed by atoms with van der Waals surface area (Å²) in [5.41, 5.74) is 0.901. The molecule has 0 aromatic heterocycles. The van der Waals surface area contributed by atoms with Gasteiger partial charge < -0.3 is 19.9 Å². The van der Waals surface area contributed by atoms with Crippen molar-refractivity contribution in [3.63, 3.8) is 0 Å². The first-order valence-corrected chi connectivity index (χ1v) is 6.47. The molecule has 108 valence electrons. The molecular weight excluding hydrogens is 262 g/mol. The van der Waals surface area contributed by atoms with E-state index in [0.717, 1.165) is 5.56 Å². The number of carbonyl (C=O) groups is 2. The van der Waals surface area contributed by atoms with E-state index in [2.05, 4.69) is 5.32 Å². The minimum atomic E-state index is -1.01. The van der Waals surface area contributed by atoms with E-state index in [1.54, 1.807) is 0 Å². The summed E-state index contributed by atoms with van der Waals surface area (Å²) in [7, 11) is 0. The molecular formula is C14H17NO5. The monoisotopic (exact) mass is 279 g/mol. The Labute approximate surface area is 116 Å². The molecule has 2 rings (SSSR count). The van der Waals surface area contributed by atoms with Crippen LogP contribution in [-0.2, 0) is 20.9 Å². The maximum Gasteiger partial charge on any atom is 0.407 e. The summed E-state index contributed by atoms with van der Waals surface area (Å²) in [6, 6.07) is 9.12. The normalized spacial score (nSPS) is 22.0. The highest BCUT2D eigenvalue weighted by molar-refractivity contribution is 5.73. The van der Waals surface area contributed by atoms with Crippen molar-refractivity contribution in [1.29, 1.82) is 0 Å². The molecule has 1 aromatic carbocycles. The van der Waals surface area contributed by atoms with Gasteiger partial charge in [-0.3, -0.25) is 0 Å². The van der Waals surface area contributed by atoms with Gasteiger partial charge >= 0.3 is 12.1 Å². The maximum absolute atomic E-state index is 11.6. The number of rotatable bonds is 4. The smallest absolute Gasteiger partial charge is 0.407 e. The molecule has 2 N–H and O–H groups in total. The van der Waals surface area contributed by atoms with Crippen molar-refractivity contribution in [2.45, 2.75) is 31.6 Å². The van der Waals surface area contributed by atoms with Gasteiger partial charge in [0.1, 0.15) is 6.61 Å². The number of alkyl carbamates (subject to hydrolysis) is 1. The number of carbonyl (C=O) groups excluding carboxylic acids is 1. The first-order valence-electron chi connectivity index (χ1n) is 6.47. The number of ether oxygens (including phenoxy) is 2. The molecule has 0 saturated carbocycles. The number of hydrogen-bond donors (Lipinski definition) is 2. The van der Waals surface area contributed by atoms with Crippen LogP contribution in [-0.4, -0.2) is 35.9 Å². The van der Waals surface area contributed by atoms with Crippen molar-refractivity contribution in [2.24, 2.45) is 0 Å². The molecule has 0 bridgehead atoms. The standard InChI is InChI=1S/C14H17NO5/c16-13(17)12-8-11(6-7-19-12)15-14(18)20-9-10-4-2-1-3-5-10/h1-5,11-12H,6-9H2,(H,15,18)(H,16,17)/t11-,12-/m0/s1. The lowest BCUT2D eigenvalue weighted by Crippen LogP contribution is -2.44. The van der Waals surface area contributed by atoms with Gasteiger partial charge in [0.2, 0.25) is 0 Å².